The van der Waals surface area contributed by atoms with Crippen LogP contribution in [-0.4, -0.2) is 53.5 Å². The minimum absolute atomic E-state index is 0.292. The largest absolute Gasteiger partial charge is 0.389 e. The Hall–Kier alpha value is 0.800. The van der Waals surface area contributed by atoms with Crippen LogP contribution in [0.4, 0.5) is 0 Å². The van der Waals surface area contributed by atoms with E-state index in [2.05, 4.69) is 31.9 Å². The topological polar surface area (TPSA) is 80.9 Å². The molecule has 0 heterocycles. The van der Waals surface area contributed by atoms with E-state index in [4.69, 9.17) is 0 Å². The molecule has 6 heteroatoms. The average molecular weight is 526 g/mol. The summed E-state index contributed by atoms with van der Waals surface area (Å²) in [6.45, 7) is 7.85. The smallest absolute Gasteiger partial charge is 0.0765 e. The molecule has 0 unspecified atom stereocenters. The zero-order valence-corrected chi connectivity index (χ0v) is 20.9. The lowest BCUT2D eigenvalue weighted by Crippen LogP contribution is -2.50. The van der Waals surface area contributed by atoms with Crippen LogP contribution in [0.5, 0.6) is 0 Å². The minimum atomic E-state index is -0.688. The van der Waals surface area contributed by atoms with E-state index in [-0.39, 0.29) is 10.8 Å². The summed E-state index contributed by atoms with van der Waals surface area (Å²) in [5.41, 5.74) is -3.30. The summed E-state index contributed by atoms with van der Waals surface area (Å²) < 4.78 is 0. The van der Waals surface area contributed by atoms with Gasteiger partial charge in [-0.15, -0.1) is 0 Å². The molecule has 0 aromatic rings. The summed E-state index contributed by atoms with van der Waals surface area (Å²) in [6.07, 6.45) is 7.06. The van der Waals surface area contributed by atoms with Crippen LogP contribution in [0.15, 0.2) is 0 Å². The summed E-state index contributed by atoms with van der Waals surface area (Å²) in [7, 11) is 0. The van der Waals surface area contributed by atoms with Crippen LogP contribution in [0.2, 0.25) is 0 Å². The Morgan fingerprint density at radius 3 is 1.18 bits per heavy atom. The van der Waals surface area contributed by atoms with Gasteiger partial charge in [0.2, 0.25) is 0 Å². The zero-order valence-electron chi connectivity index (χ0n) is 17.8. The quantitative estimate of drug-likeness (QED) is 0.416. The minimum Gasteiger partial charge on any atom is -0.389 e. The van der Waals surface area contributed by atoms with Gasteiger partial charge < -0.3 is 20.4 Å². The van der Waals surface area contributed by atoms with E-state index in [0.717, 1.165) is 62.0 Å². The van der Waals surface area contributed by atoms with E-state index in [9.17, 15) is 20.4 Å². The molecule has 4 aliphatic carbocycles. The molecule has 4 N–H and O–H groups in total. The second-order valence-electron chi connectivity index (χ2n) is 10.8. The standard InChI is InChI=1S/2C11H19BrO2/c2*1-9-4-3-8(7-10(9,2)13)11(9,14)5-6-12/h2*8,13-14H,3-7H2,1-2H3/t2*8-,9+,10-,11+/m11/s1. The molecule has 0 radical (unpaired) electrons. The lowest BCUT2D eigenvalue weighted by molar-refractivity contribution is -0.126. The average Bonchev–Trinajstić information content (AvgIpc) is 3.07. The Bertz CT molecular complexity index is 559. The number of alkyl halides is 2. The molecule has 0 spiro atoms. The third kappa shape index (κ3) is 2.87. The van der Waals surface area contributed by atoms with Gasteiger partial charge in [-0.3, -0.25) is 0 Å². The Morgan fingerprint density at radius 2 is 1.00 bits per heavy atom. The van der Waals surface area contributed by atoms with E-state index in [1.54, 1.807) is 0 Å². The highest BCUT2D eigenvalue weighted by atomic mass is 79.9. The maximum atomic E-state index is 10.7. The number of hydrogen-bond donors (Lipinski definition) is 4. The van der Waals surface area contributed by atoms with Crippen molar-refractivity contribution in [1.29, 1.82) is 0 Å². The molecule has 4 rings (SSSR count). The summed E-state index contributed by atoms with van der Waals surface area (Å²) >= 11 is 6.79. The fourth-order valence-corrected chi connectivity index (χ4v) is 8.62. The number of halogens is 2. The molecule has 0 aromatic heterocycles. The van der Waals surface area contributed by atoms with Gasteiger partial charge in [0.25, 0.3) is 0 Å². The van der Waals surface area contributed by atoms with E-state index in [1.807, 2.05) is 27.7 Å². The van der Waals surface area contributed by atoms with Gasteiger partial charge in [0.05, 0.1) is 22.4 Å². The van der Waals surface area contributed by atoms with Crippen molar-refractivity contribution < 1.29 is 20.4 Å². The first-order valence-corrected chi connectivity index (χ1v) is 13.0. The molecular formula is C22H38Br2O4. The van der Waals surface area contributed by atoms with Crippen molar-refractivity contribution in [3.8, 4) is 0 Å². The highest BCUT2D eigenvalue weighted by Gasteiger charge is 2.70. The summed E-state index contributed by atoms with van der Waals surface area (Å²) in [4.78, 5) is 0. The fourth-order valence-electron chi connectivity index (χ4n) is 7.41. The Morgan fingerprint density at radius 1 is 0.679 bits per heavy atom. The first kappa shape index (κ1) is 23.5. The van der Waals surface area contributed by atoms with E-state index >= 15 is 0 Å². The van der Waals surface area contributed by atoms with Crippen LogP contribution in [0.1, 0.15) is 79.1 Å². The Kier molecular flexibility index (Phi) is 6.00. The third-order valence-electron chi connectivity index (χ3n) is 9.86. The lowest BCUT2D eigenvalue weighted by atomic mass is 9.68. The first-order chi connectivity index (χ1) is 12.7. The van der Waals surface area contributed by atoms with Crippen molar-refractivity contribution in [1.82, 2.24) is 0 Å². The lowest BCUT2D eigenvalue weighted by Gasteiger charge is -2.43. The van der Waals surface area contributed by atoms with Gasteiger partial charge in [0.1, 0.15) is 0 Å². The molecule has 28 heavy (non-hydrogen) atoms. The SMILES string of the molecule is C[C@]12CC[C@H](C[C@@]1(C)O)[C@@]2(O)CCBr.C[C@]12CC[C@H](C[C@@]1(C)O)[C@@]2(O)CCBr. The molecule has 4 bridgehead atoms. The maximum Gasteiger partial charge on any atom is 0.0765 e. The molecule has 8 atom stereocenters. The van der Waals surface area contributed by atoms with E-state index in [0.29, 0.717) is 11.8 Å². The number of hydrogen-bond acceptors (Lipinski definition) is 4. The molecule has 0 aliphatic heterocycles. The summed E-state index contributed by atoms with van der Waals surface area (Å²) in [5, 5.41) is 43.7. The molecule has 0 aromatic carbocycles. The molecule has 164 valence electrons. The number of fused-ring (bicyclic) bond motifs is 4. The van der Waals surface area contributed by atoms with Gasteiger partial charge in [0.15, 0.2) is 0 Å². The summed E-state index contributed by atoms with van der Waals surface area (Å²) in [5.74, 6) is 0.583. The van der Waals surface area contributed by atoms with Crippen molar-refractivity contribution in [3.63, 3.8) is 0 Å². The van der Waals surface area contributed by atoms with E-state index in [1.165, 1.54) is 0 Å². The highest BCUT2D eigenvalue weighted by molar-refractivity contribution is 9.09. The first-order valence-electron chi connectivity index (χ1n) is 10.8. The van der Waals surface area contributed by atoms with Gasteiger partial charge in [-0.2, -0.15) is 0 Å². The summed E-state index contributed by atoms with van der Waals surface area (Å²) in [6, 6.07) is 0. The molecule has 4 fully saturated rings. The number of aliphatic hydroxyl groups is 4. The van der Waals surface area contributed by atoms with Crippen LogP contribution in [-0.2, 0) is 0 Å². The van der Waals surface area contributed by atoms with Crippen molar-refractivity contribution >= 4 is 31.9 Å². The van der Waals surface area contributed by atoms with Gasteiger partial charge in [-0.05, 0) is 77.0 Å². The van der Waals surface area contributed by atoms with Gasteiger partial charge in [-0.25, -0.2) is 0 Å². The molecule has 4 nitrogen and oxygen atoms in total. The molecule has 4 saturated carbocycles. The van der Waals surface area contributed by atoms with Crippen LogP contribution >= 0.6 is 31.9 Å². The second kappa shape index (κ2) is 7.16. The Balaban J connectivity index is 0.000000161. The molecule has 0 saturated heterocycles. The maximum absolute atomic E-state index is 10.7. The monoisotopic (exact) mass is 524 g/mol. The normalized spacial score (nSPS) is 56.8. The van der Waals surface area contributed by atoms with Crippen molar-refractivity contribution in [2.24, 2.45) is 22.7 Å². The second-order valence-corrected chi connectivity index (χ2v) is 12.4. The van der Waals surface area contributed by atoms with Crippen LogP contribution in [0, 0.1) is 22.7 Å². The van der Waals surface area contributed by atoms with Crippen LogP contribution in [0.3, 0.4) is 0 Å². The Labute approximate surface area is 186 Å². The molecule has 0 amide bonds. The molecule has 4 aliphatic rings. The van der Waals surface area contributed by atoms with Crippen molar-refractivity contribution in [2.45, 2.75) is 101 Å². The van der Waals surface area contributed by atoms with Crippen LogP contribution in [0.25, 0.3) is 0 Å². The number of rotatable bonds is 4. The van der Waals surface area contributed by atoms with Crippen LogP contribution < -0.4 is 0 Å². The highest BCUT2D eigenvalue weighted by Crippen LogP contribution is 2.67. The van der Waals surface area contributed by atoms with Crippen molar-refractivity contribution in [2.75, 3.05) is 10.7 Å². The third-order valence-corrected chi connectivity index (χ3v) is 10.7. The van der Waals surface area contributed by atoms with E-state index < -0.39 is 22.4 Å². The fraction of sp³-hybridized carbons (Fsp3) is 1.00. The zero-order chi connectivity index (χ0) is 21.2. The van der Waals surface area contributed by atoms with Gasteiger partial charge in [-0.1, -0.05) is 45.7 Å². The van der Waals surface area contributed by atoms with Gasteiger partial charge in [0, 0.05) is 21.5 Å². The van der Waals surface area contributed by atoms with Gasteiger partial charge >= 0.3 is 0 Å². The molecular weight excluding hydrogens is 488 g/mol. The predicted octanol–water partition coefficient (Wildman–Crippen LogP) is 4.15. The predicted molar refractivity (Wildman–Crippen MR) is 119 cm³/mol. The van der Waals surface area contributed by atoms with Crippen molar-refractivity contribution in [3.05, 3.63) is 0 Å².